The van der Waals surface area contributed by atoms with Crippen LogP contribution in [0.5, 0.6) is 0 Å². The van der Waals surface area contributed by atoms with Gasteiger partial charge in [0.25, 0.3) is 10.0 Å². The minimum Gasteiger partial charge on any atom is -0.355 e. The summed E-state index contributed by atoms with van der Waals surface area (Å²) in [7, 11) is -4.15. The predicted molar refractivity (Wildman–Crippen MR) is 155 cm³/mol. The van der Waals surface area contributed by atoms with Crippen molar-refractivity contribution in [3.8, 4) is 0 Å². The van der Waals surface area contributed by atoms with Crippen molar-refractivity contribution in [2.24, 2.45) is 0 Å². The number of nitrogens with zero attached hydrogens (tertiary/aromatic N) is 2. The fourth-order valence-electron chi connectivity index (χ4n) is 3.88. The van der Waals surface area contributed by atoms with Crippen molar-refractivity contribution in [2.45, 2.75) is 45.2 Å². The van der Waals surface area contributed by atoms with Gasteiger partial charge in [0.1, 0.15) is 12.6 Å². The molecular weight excluding hydrogens is 590 g/mol. The zero-order chi connectivity index (χ0) is 28.0. The molecule has 0 spiro atoms. The maximum absolute atomic E-state index is 13.9. The second kappa shape index (κ2) is 12.8. The first-order valence-corrected chi connectivity index (χ1v) is 14.7. The molecule has 0 fully saturated rings. The lowest BCUT2D eigenvalue weighted by atomic mass is 10.1. The van der Waals surface area contributed by atoms with Crippen LogP contribution in [0.25, 0.3) is 0 Å². The van der Waals surface area contributed by atoms with E-state index in [1.807, 2.05) is 44.2 Å². The van der Waals surface area contributed by atoms with Gasteiger partial charge in [-0.15, -0.1) is 0 Å². The molecule has 0 unspecified atom stereocenters. The van der Waals surface area contributed by atoms with Gasteiger partial charge in [-0.05, 0) is 92.9 Å². The van der Waals surface area contributed by atoms with Gasteiger partial charge in [-0.1, -0.05) is 45.7 Å². The van der Waals surface area contributed by atoms with Crippen molar-refractivity contribution in [2.75, 3.05) is 17.4 Å². The second-order valence-electron chi connectivity index (χ2n) is 8.96. The SMILES string of the molecule is CCNC(=O)[C@@H](C)N(Cc1cccc(Br)c1)C(=O)CN(c1ccc(C)c(C)c1)S(=O)(=O)c1ccc(Cl)cc1. The lowest BCUT2D eigenvalue weighted by molar-refractivity contribution is -0.139. The number of likely N-dealkylation sites (N-methyl/N-ethyl adjacent to an activating group) is 1. The Bertz CT molecular complexity index is 1410. The summed E-state index contributed by atoms with van der Waals surface area (Å²) >= 11 is 9.43. The average Bonchev–Trinajstić information content (AvgIpc) is 2.87. The number of sulfonamides is 1. The highest BCUT2D eigenvalue weighted by molar-refractivity contribution is 9.10. The number of aryl methyl sites for hydroxylation is 2. The first-order valence-electron chi connectivity index (χ1n) is 12.1. The third-order valence-electron chi connectivity index (χ3n) is 6.22. The zero-order valence-electron chi connectivity index (χ0n) is 21.7. The van der Waals surface area contributed by atoms with E-state index in [1.165, 1.54) is 29.2 Å². The third kappa shape index (κ3) is 7.15. The van der Waals surface area contributed by atoms with Crippen LogP contribution in [0, 0.1) is 13.8 Å². The summed E-state index contributed by atoms with van der Waals surface area (Å²) in [6.07, 6.45) is 0. The van der Waals surface area contributed by atoms with E-state index in [0.29, 0.717) is 17.3 Å². The Morgan fingerprint density at radius 3 is 2.29 bits per heavy atom. The Labute approximate surface area is 238 Å². The van der Waals surface area contributed by atoms with E-state index >= 15 is 0 Å². The van der Waals surface area contributed by atoms with Crippen molar-refractivity contribution in [3.63, 3.8) is 0 Å². The van der Waals surface area contributed by atoms with E-state index in [0.717, 1.165) is 25.5 Å². The van der Waals surface area contributed by atoms with Crippen LogP contribution in [0.4, 0.5) is 5.69 Å². The number of anilines is 1. The van der Waals surface area contributed by atoms with Gasteiger partial charge < -0.3 is 10.2 Å². The van der Waals surface area contributed by atoms with Crippen LogP contribution in [0.15, 0.2) is 76.1 Å². The molecular formula is C28H31BrClN3O4S. The highest BCUT2D eigenvalue weighted by atomic mass is 79.9. The first-order chi connectivity index (χ1) is 17.9. The molecule has 0 radical (unpaired) electrons. The van der Waals surface area contributed by atoms with E-state index in [9.17, 15) is 18.0 Å². The molecule has 0 saturated carbocycles. The van der Waals surface area contributed by atoms with Crippen LogP contribution in [0.1, 0.15) is 30.5 Å². The number of amides is 2. The van der Waals surface area contributed by atoms with Crippen LogP contribution in [-0.2, 0) is 26.2 Å². The molecule has 2 amide bonds. The summed E-state index contributed by atoms with van der Waals surface area (Å²) in [6, 6.07) is 17.6. The molecule has 0 aliphatic heterocycles. The van der Waals surface area contributed by atoms with Crippen LogP contribution in [-0.4, -0.2) is 44.3 Å². The Morgan fingerprint density at radius 2 is 1.68 bits per heavy atom. The molecule has 0 aromatic heterocycles. The van der Waals surface area contributed by atoms with Crippen LogP contribution in [0.2, 0.25) is 5.02 Å². The highest BCUT2D eigenvalue weighted by Gasteiger charge is 2.32. The third-order valence-corrected chi connectivity index (χ3v) is 8.75. The monoisotopic (exact) mass is 619 g/mol. The summed E-state index contributed by atoms with van der Waals surface area (Å²) < 4.78 is 29.6. The number of carbonyl (C=O) groups excluding carboxylic acids is 2. The van der Waals surface area contributed by atoms with E-state index in [4.69, 9.17) is 11.6 Å². The van der Waals surface area contributed by atoms with Crippen molar-refractivity contribution >= 4 is 55.1 Å². The first kappa shape index (κ1) is 29.7. The molecule has 7 nitrogen and oxygen atoms in total. The second-order valence-corrected chi connectivity index (χ2v) is 12.2. The molecule has 0 aliphatic rings. The molecule has 0 saturated heterocycles. The molecule has 38 heavy (non-hydrogen) atoms. The summed E-state index contributed by atoms with van der Waals surface area (Å²) in [6.45, 7) is 7.27. The van der Waals surface area contributed by atoms with Gasteiger partial charge in [-0.25, -0.2) is 8.42 Å². The lowest BCUT2D eigenvalue weighted by Crippen LogP contribution is -2.51. The van der Waals surface area contributed by atoms with E-state index in [1.54, 1.807) is 26.0 Å². The van der Waals surface area contributed by atoms with Gasteiger partial charge in [0.05, 0.1) is 10.6 Å². The molecule has 202 valence electrons. The Balaban J connectivity index is 2.06. The normalized spacial score (nSPS) is 12.1. The molecule has 0 bridgehead atoms. The smallest absolute Gasteiger partial charge is 0.264 e. The summed E-state index contributed by atoms with van der Waals surface area (Å²) in [5.74, 6) is -0.839. The lowest BCUT2D eigenvalue weighted by Gasteiger charge is -2.32. The molecule has 3 aromatic carbocycles. The summed E-state index contributed by atoms with van der Waals surface area (Å²) in [5, 5.41) is 3.15. The van der Waals surface area contributed by atoms with Crippen LogP contribution < -0.4 is 9.62 Å². The number of halogens is 2. The number of nitrogens with one attached hydrogen (secondary N) is 1. The number of carbonyl (C=O) groups is 2. The van der Waals surface area contributed by atoms with Gasteiger partial charge in [0.15, 0.2) is 0 Å². The topological polar surface area (TPSA) is 86.8 Å². The predicted octanol–water partition coefficient (Wildman–Crippen LogP) is 5.47. The molecule has 3 rings (SSSR count). The van der Waals surface area contributed by atoms with E-state index < -0.39 is 28.5 Å². The van der Waals surface area contributed by atoms with Gasteiger partial charge in [0.2, 0.25) is 11.8 Å². The van der Waals surface area contributed by atoms with Crippen LogP contribution >= 0.6 is 27.5 Å². The number of benzene rings is 3. The molecule has 1 atom stereocenters. The Hall–Kier alpha value is -2.88. The van der Waals surface area contributed by atoms with Crippen molar-refractivity contribution < 1.29 is 18.0 Å². The number of hydrogen-bond acceptors (Lipinski definition) is 4. The Morgan fingerprint density at radius 1 is 1.00 bits per heavy atom. The van der Waals surface area contributed by atoms with Gasteiger partial charge in [-0.2, -0.15) is 0 Å². The largest absolute Gasteiger partial charge is 0.355 e. The Kier molecular flexibility index (Phi) is 9.98. The minimum absolute atomic E-state index is 0.00300. The summed E-state index contributed by atoms with van der Waals surface area (Å²) in [4.78, 5) is 28.0. The van der Waals surface area contributed by atoms with Crippen LogP contribution in [0.3, 0.4) is 0 Å². The fraction of sp³-hybridized carbons (Fsp3) is 0.286. The number of rotatable bonds is 10. The van der Waals surface area contributed by atoms with Crippen molar-refractivity contribution in [1.29, 1.82) is 0 Å². The van der Waals surface area contributed by atoms with E-state index in [-0.39, 0.29) is 17.3 Å². The number of hydrogen-bond donors (Lipinski definition) is 1. The van der Waals surface area contributed by atoms with Crippen molar-refractivity contribution in [3.05, 3.63) is 92.9 Å². The quantitative estimate of drug-likeness (QED) is 0.326. The average molecular weight is 621 g/mol. The van der Waals surface area contributed by atoms with Gasteiger partial charge in [0, 0.05) is 22.6 Å². The maximum Gasteiger partial charge on any atom is 0.264 e. The molecule has 0 aliphatic carbocycles. The van der Waals surface area contributed by atoms with Gasteiger partial charge in [-0.3, -0.25) is 13.9 Å². The molecule has 1 N–H and O–H groups in total. The van der Waals surface area contributed by atoms with Crippen molar-refractivity contribution in [1.82, 2.24) is 10.2 Å². The standard InChI is InChI=1S/C28H31BrClN3O4S/c1-5-31-28(35)21(4)32(17-22-7-6-8-23(29)16-22)27(34)18-33(25-12-9-19(2)20(3)15-25)38(36,37)26-13-10-24(30)11-14-26/h6-16,21H,5,17-18H2,1-4H3,(H,31,35)/t21-/m1/s1. The minimum atomic E-state index is -4.15. The summed E-state index contributed by atoms with van der Waals surface area (Å²) in [5.41, 5.74) is 3.02. The maximum atomic E-state index is 13.9. The van der Waals surface area contributed by atoms with Gasteiger partial charge >= 0.3 is 0 Å². The van der Waals surface area contributed by atoms with E-state index in [2.05, 4.69) is 21.2 Å². The molecule has 10 heteroatoms. The fourth-order valence-corrected chi connectivity index (χ4v) is 5.86. The zero-order valence-corrected chi connectivity index (χ0v) is 24.9. The molecule has 0 heterocycles. The highest BCUT2D eigenvalue weighted by Crippen LogP contribution is 2.27. The molecule has 3 aromatic rings.